The third-order valence-corrected chi connectivity index (χ3v) is 3.23. The fraction of sp³-hybridized carbons (Fsp3) is 0.417. The smallest absolute Gasteiger partial charge is 0.117 e. The van der Waals surface area contributed by atoms with Crippen molar-refractivity contribution in [3.63, 3.8) is 0 Å². The predicted octanol–water partition coefficient (Wildman–Crippen LogP) is 3.14. The minimum absolute atomic E-state index is 0.326. The van der Waals surface area contributed by atoms with Crippen LogP contribution in [0.3, 0.4) is 0 Å². The Kier molecular flexibility index (Phi) is 1.63. The molecule has 2 nitrogen and oxygen atoms in total. The van der Waals surface area contributed by atoms with Gasteiger partial charge in [0.2, 0.25) is 0 Å². The van der Waals surface area contributed by atoms with Gasteiger partial charge in [-0.05, 0) is 30.9 Å². The number of nitrogens with zero attached hydrogens (tertiary/aromatic N) is 1. The number of rotatable bonds is 0. The molecule has 3 rings (SSSR count). The molecule has 14 heavy (non-hydrogen) atoms. The Morgan fingerprint density at radius 1 is 1.29 bits per heavy atom. The van der Waals surface area contributed by atoms with Crippen LogP contribution in [-0.4, -0.2) is 10.8 Å². The molecule has 1 saturated carbocycles. The van der Waals surface area contributed by atoms with Gasteiger partial charge in [0.05, 0.1) is 5.69 Å². The molecule has 1 aliphatic heterocycles. The number of aromatic hydroxyl groups is 1. The molecule has 0 bridgehead atoms. The van der Waals surface area contributed by atoms with Gasteiger partial charge in [-0.1, -0.05) is 12.5 Å². The van der Waals surface area contributed by atoms with Gasteiger partial charge in [-0.2, -0.15) is 0 Å². The molecule has 0 amide bonds. The zero-order valence-electron chi connectivity index (χ0n) is 8.03. The van der Waals surface area contributed by atoms with Gasteiger partial charge < -0.3 is 5.11 Å². The summed E-state index contributed by atoms with van der Waals surface area (Å²) in [6.45, 7) is 0. The molecule has 1 aliphatic carbocycles. The van der Waals surface area contributed by atoms with E-state index in [1.807, 2.05) is 6.07 Å². The molecule has 1 fully saturated rings. The molecular formula is C12H13NO. The molecule has 2 heteroatoms. The summed E-state index contributed by atoms with van der Waals surface area (Å²) in [5.74, 6) is 0.881. The maximum absolute atomic E-state index is 9.36. The van der Waals surface area contributed by atoms with Crippen molar-refractivity contribution in [1.82, 2.24) is 0 Å². The van der Waals surface area contributed by atoms with E-state index in [-0.39, 0.29) is 0 Å². The van der Waals surface area contributed by atoms with Crippen molar-refractivity contribution >= 4 is 11.4 Å². The minimum Gasteiger partial charge on any atom is -0.508 e. The fourth-order valence-electron chi connectivity index (χ4n) is 2.54. The lowest BCUT2D eigenvalue weighted by Crippen LogP contribution is -2.13. The highest BCUT2D eigenvalue weighted by atomic mass is 16.3. The van der Waals surface area contributed by atoms with Crippen molar-refractivity contribution in [2.75, 3.05) is 0 Å². The van der Waals surface area contributed by atoms with Gasteiger partial charge in [-0.25, -0.2) is 0 Å². The van der Waals surface area contributed by atoms with E-state index in [1.165, 1.54) is 30.5 Å². The van der Waals surface area contributed by atoms with Gasteiger partial charge in [-0.3, -0.25) is 4.99 Å². The van der Waals surface area contributed by atoms with E-state index in [0.29, 0.717) is 11.7 Å². The van der Waals surface area contributed by atoms with Crippen LogP contribution in [0.15, 0.2) is 23.2 Å². The second-order valence-corrected chi connectivity index (χ2v) is 4.14. The monoisotopic (exact) mass is 187 g/mol. The van der Waals surface area contributed by atoms with Gasteiger partial charge in [0.15, 0.2) is 0 Å². The molecule has 0 radical (unpaired) electrons. The standard InChI is InChI=1S/C12H13NO/c14-8-5-6-10-9-3-1-2-4-11(9)13-12(10)7-8/h5-7,9,14H,1-4H2/t9-/m1/s1. The Labute approximate surface area is 83.3 Å². The Morgan fingerprint density at radius 2 is 2.21 bits per heavy atom. The number of aliphatic imine (C=N–C) groups is 1. The molecule has 1 aromatic rings. The molecule has 0 spiro atoms. The zero-order chi connectivity index (χ0) is 9.54. The number of benzene rings is 1. The van der Waals surface area contributed by atoms with Crippen molar-refractivity contribution in [2.45, 2.75) is 31.6 Å². The molecule has 72 valence electrons. The quantitative estimate of drug-likeness (QED) is 0.665. The highest BCUT2D eigenvalue weighted by Crippen LogP contribution is 2.43. The summed E-state index contributed by atoms with van der Waals surface area (Å²) in [5.41, 5.74) is 3.64. The first-order valence-electron chi connectivity index (χ1n) is 5.25. The lowest BCUT2D eigenvalue weighted by atomic mass is 9.84. The zero-order valence-corrected chi connectivity index (χ0v) is 8.03. The van der Waals surface area contributed by atoms with Crippen molar-refractivity contribution in [3.8, 4) is 5.75 Å². The maximum Gasteiger partial charge on any atom is 0.117 e. The van der Waals surface area contributed by atoms with E-state index in [9.17, 15) is 5.11 Å². The number of fused-ring (bicyclic) bond motifs is 3. The Hall–Kier alpha value is -1.31. The van der Waals surface area contributed by atoms with Crippen LogP contribution in [0.2, 0.25) is 0 Å². The van der Waals surface area contributed by atoms with Gasteiger partial charge in [0.25, 0.3) is 0 Å². The maximum atomic E-state index is 9.36. The third-order valence-electron chi connectivity index (χ3n) is 3.23. The predicted molar refractivity (Wildman–Crippen MR) is 56.4 cm³/mol. The van der Waals surface area contributed by atoms with Gasteiger partial charge >= 0.3 is 0 Å². The highest BCUT2D eigenvalue weighted by molar-refractivity contribution is 5.98. The first-order valence-corrected chi connectivity index (χ1v) is 5.25. The molecule has 1 N–H and O–H groups in total. The first kappa shape index (κ1) is 8.04. The molecule has 0 unspecified atom stereocenters. The van der Waals surface area contributed by atoms with Crippen LogP contribution in [0.1, 0.15) is 37.2 Å². The highest BCUT2D eigenvalue weighted by Gasteiger charge is 2.28. The van der Waals surface area contributed by atoms with Crippen LogP contribution in [0.4, 0.5) is 5.69 Å². The molecule has 1 heterocycles. The molecule has 1 atom stereocenters. The average Bonchev–Trinajstić information content (AvgIpc) is 2.54. The molecule has 1 aromatic carbocycles. The van der Waals surface area contributed by atoms with Crippen LogP contribution in [-0.2, 0) is 0 Å². The van der Waals surface area contributed by atoms with Crippen molar-refractivity contribution in [1.29, 1.82) is 0 Å². The summed E-state index contributed by atoms with van der Waals surface area (Å²) in [6.07, 6.45) is 4.95. The van der Waals surface area contributed by atoms with E-state index in [2.05, 4.69) is 4.99 Å². The van der Waals surface area contributed by atoms with E-state index in [0.717, 1.165) is 12.1 Å². The van der Waals surface area contributed by atoms with Gasteiger partial charge in [0, 0.05) is 17.7 Å². The molecule has 0 aromatic heterocycles. The van der Waals surface area contributed by atoms with E-state index in [4.69, 9.17) is 0 Å². The number of phenolic OH excluding ortho intramolecular Hbond substituents is 1. The largest absolute Gasteiger partial charge is 0.508 e. The normalized spacial score (nSPS) is 24.0. The summed E-state index contributed by atoms with van der Waals surface area (Å²) in [5, 5.41) is 9.36. The van der Waals surface area contributed by atoms with Crippen molar-refractivity contribution < 1.29 is 5.11 Å². The van der Waals surface area contributed by atoms with Gasteiger partial charge in [-0.15, -0.1) is 0 Å². The van der Waals surface area contributed by atoms with E-state index in [1.54, 1.807) is 12.1 Å². The fourth-order valence-corrected chi connectivity index (χ4v) is 2.54. The van der Waals surface area contributed by atoms with E-state index >= 15 is 0 Å². The lowest BCUT2D eigenvalue weighted by molar-refractivity contribution is 0.475. The Balaban J connectivity index is 2.09. The molecular weight excluding hydrogens is 174 g/mol. The number of phenols is 1. The second kappa shape index (κ2) is 2.84. The van der Waals surface area contributed by atoms with Crippen LogP contribution in [0, 0.1) is 0 Å². The second-order valence-electron chi connectivity index (χ2n) is 4.14. The van der Waals surface area contributed by atoms with Crippen LogP contribution < -0.4 is 0 Å². The average molecular weight is 187 g/mol. The summed E-state index contributed by atoms with van der Waals surface area (Å²) < 4.78 is 0. The van der Waals surface area contributed by atoms with E-state index < -0.39 is 0 Å². The van der Waals surface area contributed by atoms with Crippen LogP contribution in [0.5, 0.6) is 5.75 Å². The number of hydrogen-bond acceptors (Lipinski definition) is 2. The summed E-state index contributed by atoms with van der Waals surface area (Å²) in [6, 6.07) is 5.57. The van der Waals surface area contributed by atoms with Gasteiger partial charge in [0.1, 0.15) is 5.75 Å². The molecule has 2 aliphatic rings. The summed E-state index contributed by atoms with van der Waals surface area (Å²) >= 11 is 0. The Bertz CT molecular complexity index is 409. The molecule has 0 saturated heterocycles. The SMILES string of the molecule is Oc1ccc2c(c1)N=C1CCCC[C@@H]12. The third kappa shape index (κ3) is 1.07. The number of hydrogen-bond donors (Lipinski definition) is 1. The minimum atomic E-state index is 0.326. The Morgan fingerprint density at radius 3 is 3.14 bits per heavy atom. The lowest BCUT2D eigenvalue weighted by Gasteiger charge is -2.19. The van der Waals surface area contributed by atoms with Crippen molar-refractivity contribution in [3.05, 3.63) is 23.8 Å². The topological polar surface area (TPSA) is 32.6 Å². The summed E-state index contributed by atoms with van der Waals surface area (Å²) in [4.78, 5) is 4.59. The first-order chi connectivity index (χ1) is 6.84. The van der Waals surface area contributed by atoms with Crippen LogP contribution in [0.25, 0.3) is 0 Å². The van der Waals surface area contributed by atoms with Crippen molar-refractivity contribution in [2.24, 2.45) is 4.99 Å². The van der Waals surface area contributed by atoms with Crippen LogP contribution >= 0.6 is 0 Å². The summed E-state index contributed by atoms with van der Waals surface area (Å²) in [7, 11) is 0.